The highest BCUT2D eigenvalue weighted by atomic mass is 32.2. The van der Waals surface area contributed by atoms with Gasteiger partial charge in [0.15, 0.2) is 10.8 Å². The molecule has 2 saturated heterocycles. The number of hydrogen-bond donors (Lipinski definition) is 5. The Morgan fingerprint density at radius 3 is 2.58 bits per heavy atom. The number of aromatic nitrogens is 1. The first-order valence-electron chi connectivity index (χ1n) is 10.3. The Hall–Kier alpha value is -3.55. The number of oxime groups is 1. The summed E-state index contributed by atoms with van der Waals surface area (Å²) in [5.41, 5.74) is 8.89. The van der Waals surface area contributed by atoms with Crippen molar-refractivity contribution >= 4 is 56.4 Å². The number of carboxylic acids is 1. The summed E-state index contributed by atoms with van der Waals surface area (Å²) in [6.07, 6.45) is -1.16. The molecule has 0 spiro atoms. The van der Waals surface area contributed by atoms with Gasteiger partial charge in [0.1, 0.15) is 17.8 Å². The number of thiazole rings is 1. The van der Waals surface area contributed by atoms with Gasteiger partial charge in [-0.2, -0.15) is 8.42 Å². The summed E-state index contributed by atoms with van der Waals surface area (Å²) in [5, 5.41) is 16.6. The molecule has 0 bridgehead atoms. The first-order valence-corrected chi connectivity index (χ1v) is 12.6. The Balaban J connectivity index is 1.56. The highest BCUT2D eigenvalue weighted by Crippen LogP contribution is 2.40. The lowest BCUT2D eigenvalue weighted by Crippen LogP contribution is -2.74. The molecule has 3 fully saturated rings. The summed E-state index contributed by atoms with van der Waals surface area (Å²) >= 11 is 0.951. The number of carboxylic acid groups (broad SMARTS) is 1. The second-order valence-electron chi connectivity index (χ2n) is 8.18. The first kappa shape index (κ1) is 25.5. The largest absolute Gasteiger partial charge is 0.478 e. The van der Waals surface area contributed by atoms with Crippen molar-refractivity contribution in [3.05, 3.63) is 11.1 Å². The zero-order valence-electron chi connectivity index (χ0n) is 18.3. The number of ether oxygens (including phenoxy) is 1. The van der Waals surface area contributed by atoms with Crippen LogP contribution in [0.15, 0.2) is 10.5 Å². The van der Waals surface area contributed by atoms with Gasteiger partial charge in [-0.1, -0.05) is 5.16 Å². The summed E-state index contributed by atoms with van der Waals surface area (Å²) in [7, 11) is -5.03. The van der Waals surface area contributed by atoms with Gasteiger partial charge in [-0.25, -0.2) is 18.9 Å². The molecule has 0 aromatic carbocycles. The Labute approximate surface area is 206 Å². The SMILES string of the molecule is NC[C@@H]1CN(C[C@@H]2[C@H](NC(=O)C(=NOC3(C(=O)O)CC3)c3csc(N)n3)C(=O)N2S(=O)(=O)O)C(=O)O1. The monoisotopic (exact) mass is 547 g/mol. The van der Waals surface area contributed by atoms with Crippen LogP contribution in [0, 0.1) is 0 Å². The van der Waals surface area contributed by atoms with Crippen LogP contribution in [-0.4, -0.2) is 105 Å². The van der Waals surface area contributed by atoms with Gasteiger partial charge in [-0.3, -0.25) is 14.1 Å². The van der Waals surface area contributed by atoms with Crippen LogP contribution in [0.3, 0.4) is 0 Å². The van der Waals surface area contributed by atoms with Crippen molar-refractivity contribution in [2.45, 2.75) is 36.6 Å². The molecule has 3 heterocycles. The van der Waals surface area contributed by atoms with Gasteiger partial charge >= 0.3 is 22.4 Å². The molecule has 1 saturated carbocycles. The molecule has 196 valence electrons. The number of anilines is 1. The van der Waals surface area contributed by atoms with E-state index in [1.165, 1.54) is 5.38 Å². The lowest BCUT2D eigenvalue weighted by Gasteiger charge is -2.45. The fourth-order valence-corrected chi connectivity index (χ4v) is 5.03. The second-order valence-corrected chi connectivity index (χ2v) is 10.4. The number of amides is 3. The fourth-order valence-electron chi connectivity index (χ4n) is 3.61. The number of carbonyl (C=O) groups excluding carboxylic acids is 3. The summed E-state index contributed by atoms with van der Waals surface area (Å²) in [6, 6.07) is -2.91. The molecular weight excluding hydrogens is 526 g/mol. The molecular formula is C17H21N7O10S2. The lowest BCUT2D eigenvalue weighted by molar-refractivity contribution is -0.153. The number of hydrogen-bond acceptors (Lipinski definition) is 13. The van der Waals surface area contributed by atoms with E-state index >= 15 is 0 Å². The summed E-state index contributed by atoms with van der Waals surface area (Å²) in [5.74, 6) is -3.53. The van der Waals surface area contributed by atoms with E-state index in [2.05, 4.69) is 15.5 Å². The average molecular weight is 548 g/mol. The Morgan fingerprint density at radius 2 is 2.08 bits per heavy atom. The molecule has 2 aliphatic heterocycles. The third-order valence-corrected chi connectivity index (χ3v) is 7.33. The number of cyclic esters (lactones) is 1. The maximum Gasteiger partial charge on any atom is 0.410 e. The van der Waals surface area contributed by atoms with Crippen LogP contribution in [0.4, 0.5) is 9.93 Å². The molecule has 4 rings (SSSR count). The van der Waals surface area contributed by atoms with Crippen LogP contribution in [0.2, 0.25) is 0 Å². The zero-order valence-corrected chi connectivity index (χ0v) is 19.9. The Morgan fingerprint density at radius 1 is 1.39 bits per heavy atom. The zero-order chi connectivity index (χ0) is 26.4. The van der Waals surface area contributed by atoms with E-state index in [-0.39, 0.29) is 41.1 Å². The molecule has 3 aliphatic rings. The first-order chi connectivity index (χ1) is 16.9. The van der Waals surface area contributed by atoms with Crippen LogP contribution < -0.4 is 16.8 Å². The van der Waals surface area contributed by atoms with E-state index in [1.807, 2.05) is 0 Å². The number of rotatable bonds is 10. The molecule has 7 N–H and O–H groups in total. The van der Waals surface area contributed by atoms with E-state index in [4.69, 9.17) is 21.0 Å². The molecule has 0 radical (unpaired) electrons. The normalized spacial score (nSPS) is 25.3. The van der Waals surface area contributed by atoms with Crippen LogP contribution in [-0.2, 0) is 34.3 Å². The molecule has 36 heavy (non-hydrogen) atoms. The van der Waals surface area contributed by atoms with E-state index in [0.29, 0.717) is 0 Å². The molecule has 17 nitrogen and oxygen atoms in total. The fraction of sp³-hybridized carbons (Fsp3) is 0.529. The van der Waals surface area contributed by atoms with E-state index in [9.17, 15) is 37.3 Å². The minimum absolute atomic E-state index is 0.00243. The average Bonchev–Trinajstić information content (AvgIpc) is 3.34. The number of aliphatic carboxylic acids is 1. The number of β-lactam (4-membered cyclic amide) rings is 1. The Kier molecular flexibility index (Phi) is 6.49. The molecule has 3 atom stereocenters. The predicted octanol–water partition coefficient (Wildman–Crippen LogP) is -2.66. The van der Waals surface area contributed by atoms with Crippen molar-refractivity contribution in [2.75, 3.05) is 25.4 Å². The third kappa shape index (κ3) is 4.76. The minimum atomic E-state index is -5.03. The van der Waals surface area contributed by atoms with E-state index in [0.717, 1.165) is 16.2 Å². The Bertz CT molecular complexity index is 1240. The van der Waals surface area contributed by atoms with Crippen molar-refractivity contribution in [3.63, 3.8) is 0 Å². The number of carbonyl (C=O) groups is 4. The van der Waals surface area contributed by atoms with Gasteiger partial charge in [0.2, 0.25) is 5.60 Å². The standard InChI is InChI=1S/C17H21N7O10S2/c18-3-7-4-23(16(29)33-7)5-9-11(13(26)24(9)36(30,31)32)21-12(25)10(8-6-35-15(19)20-8)22-34-17(1-2-17)14(27)28/h6-7,9,11H,1-5,18H2,(H2,19,20)(H,21,25)(H,27,28)(H,30,31,32)/t7-,9-,11+/m1/s1. The minimum Gasteiger partial charge on any atom is -0.478 e. The third-order valence-electron chi connectivity index (χ3n) is 5.71. The number of nitrogens with two attached hydrogens (primary N) is 2. The molecule has 3 amide bonds. The van der Waals surface area contributed by atoms with Crippen LogP contribution in [0.5, 0.6) is 0 Å². The van der Waals surface area contributed by atoms with E-state index in [1.54, 1.807) is 0 Å². The lowest BCUT2D eigenvalue weighted by atomic mass is 9.97. The van der Waals surface area contributed by atoms with E-state index < -0.39 is 70.2 Å². The van der Waals surface area contributed by atoms with Crippen molar-refractivity contribution in [1.29, 1.82) is 0 Å². The van der Waals surface area contributed by atoms with Gasteiger partial charge < -0.3 is 36.4 Å². The number of nitrogens with one attached hydrogen (secondary N) is 1. The van der Waals surface area contributed by atoms with Gasteiger partial charge in [0.25, 0.3) is 11.8 Å². The predicted molar refractivity (Wildman–Crippen MR) is 119 cm³/mol. The van der Waals surface area contributed by atoms with Gasteiger partial charge in [-0.05, 0) is 0 Å². The molecule has 0 unspecified atom stereocenters. The van der Waals surface area contributed by atoms with Crippen molar-refractivity contribution < 1.29 is 46.8 Å². The van der Waals surface area contributed by atoms with Gasteiger partial charge in [0, 0.05) is 31.3 Å². The second kappa shape index (κ2) is 9.15. The summed E-state index contributed by atoms with van der Waals surface area (Å²) in [6.45, 7) is -0.418. The topological polar surface area (TPSA) is 257 Å². The maximum absolute atomic E-state index is 13.1. The van der Waals surface area contributed by atoms with Gasteiger partial charge in [0.05, 0.1) is 12.6 Å². The maximum atomic E-state index is 13.1. The number of nitrogens with zero attached hydrogens (tertiary/aromatic N) is 4. The molecule has 1 aromatic rings. The quantitative estimate of drug-likeness (QED) is 0.0868. The van der Waals surface area contributed by atoms with Crippen LogP contribution in [0.25, 0.3) is 0 Å². The van der Waals surface area contributed by atoms with Crippen molar-refractivity contribution in [2.24, 2.45) is 10.9 Å². The highest BCUT2D eigenvalue weighted by molar-refractivity contribution is 7.84. The summed E-state index contributed by atoms with van der Waals surface area (Å²) < 4.78 is 38.1. The van der Waals surface area contributed by atoms with Crippen molar-refractivity contribution in [1.82, 2.24) is 19.5 Å². The summed E-state index contributed by atoms with van der Waals surface area (Å²) in [4.78, 5) is 59.1. The van der Waals surface area contributed by atoms with Gasteiger partial charge in [-0.15, -0.1) is 11.3 Å². The van der Waals surface area contributed by atoms with Crippen LogP contribution in [0.1, 0.15) is 18.5 Å². The highest BCUT2D eigenvalue weighted by Gasteiger charge is 2.56. The molecule has 1 aliphatic carbocycles. The molecule has 1 aromatic heterocycles. The smallest absolute Gasteiger partial charge is 0.410 e. The van der Waals surface area contributed by atoms with Crippen molar-refractivity contribution in [3.8, 4) is 0 Å². The number of nitrogen functional groups attached to an aromatic ring is 1. The molecule has 19 heteroatoms. The van der Waals surface area contributed by atoms with Crippen LogP contribution >= 0.6 is 11.3 Å².